The Bertz CT molecular complexity index is 1080. The lowest BCUT2D eigenvalue weighted by atomic mass is 10.1. The minimum absolute atomic E-state index is 0.0470. The van der Waals surface area contributed by atoms with Gasteiger partial charge in [0.15, 0.2) is 11.5 Å². The second-order valence-electron chi connectivity index (χ2n) is 7.40. The van der Waals surface area contributed by atoms with Gasteiger partial charge in [-0.2, -0.15) is 0 Å². The van der Waals surface area contributed by atoms with Crippen molar-refractivity contribution in [3.8, 4) is 11.5 Å². The van der Waals surface area contributed by atoms with Gasteiger partial charge in [-0.05, 0) is 55.2 Å². The molecule has 2 aliphatic rings. The largest absolute Gasteiger partial charge is 0.486 e. The molecular formula is C21H23N3O6S. The molecular weight excluding hydrogens is 422 g/mol. The van der Waals surface area contributed by atoms with Crippen molar-refractivity contribution in [2.75, 3.05) is 13.2 Å². The molecule has 1 saturated carbocycles. The summed E-state index contributed by atoms with van der Waals surface area (Å²) in [7, 11) is -3.49. The van der Waals surface area contributed by atoms with Gasteiger partial charge in [-0.3, -0.25) is 20.4 Å². The number of rotatable bonds is 7. The first-order valence-corrected chi connectivity index (χ1v) is 11.5. The van der Waals surface area contributed by atoms with E-state index in [0.29, 0.717) is 36.7 Å². The summed E-state index contributed by atoms with van der Waals surface area (Å²) < 4.78 is 37.8. The zero-order valence-corrected chi connectivity index (χ0v) is 17.5. The molecule has 0 atom stereocenters. The van der Waals surface area contributed by atoms with E-state index in [1.165, 1.54) is 12.1 Å². The summed E-state index contributed by atoms with van der Waals surface area (Å²) in [5, 5.41) is 0. The van der Waals surface area contributed by atoms with Crippen molar-refractivity contribution >= 4 is 21.8 Å². The van der Waals surface area contributed by atoms with E-state index in [2.05, 4.69) is 15.6 Å². The van der Waals surface area contributed by atoms with Crippen LogP contribution in [0.25, 0.3) is 0 Å². The summed E-state index contributed by atoms with van der Waals surface area (Å²) in [5.41, 5.74) is 5.90. The molecule has 2 amide bonds. The van der Waals surface area contributed by atoms with E-state index in [-0.39, 0.29) is 23.3 Å². The van der Waals surface area contributed by atoms with E-state index in [1.807, 2.05) is 0 Å². The number of nitrogens with one attached hydrogen (secondary N) is 3. The number of ether oxygens (including phenoxy) is 2. The molecule has 0 bridgehead atoms. The van der Waals surface area contributed by atoms with Crippen LogP contribution in [-0.2, 0) is 21.2 Å². The van der Waals surface area contributed by atoms with Gasteiger partial charge in [-0.15, -0.1) is 0 Å². The number of fused-ring (bicyclic) bond motifs is 1. The van der Waals surface area contributed by atoms with Crippen LogP contribution >= 0.6 is 0 Å². The summed E-state index contributed by atoms with van der Waals surface area (Å²) in [5.74, 6) is 0.234. The molecule has 0 spiro atoms. The Morgan fingerprint density at radius 2 is 1.65 bits per heavy atom. The van der Waals surface area contributed by atoms with E-state index >= 15 is 0 Å². The quantitative estimate of drug-likeness (QED) is 0.552. The lowest BCUT2D eigenvalue weighted by Crippen LogP contribution is -2.41. The average Bonchev–Trinajstić information content (AvgIpc) is 3.59. The molecule has 2 aromatic carbocycles. The summed E-state index contributed by atoms with van der Waals surface area (Å²) in [6, 6.07) is 11.3. The minimum atomic E-state index is -3.49. The highest BCUT2D eigenvalue weighted by Gasteiger charge is 2.27. The molecule has 1 aliphatic heterocycles. The molecule has 1 fully saturated rings. The second-order valence-corrected chi connectivity index (χ2v) is 9.11. The van der Waals surface area contributed by atoms with Gasteiger partial charge in [0.2, 0.25) is 15.9 Å². The fraction of sp³-hybridized carbons (Fsp3) is 0.333. The Labute approximate surface area is 180 Å². The molecule has 1 aliphatic carbocycles. The highest BCUT2D eigenvalue weighted by Crippen LogP contribution is 2.30. The van der Waals surface area contributed by atoms with Crippen LogP contribution in [0.15, 0.2) is 47.4 Å². The van der Waals surface area contributed by atoms with Crippen molar-refractivity contribution in [2.45, 2.75) is 36.6 Å². The van der Waals surface area contributed by atoms with Gasteiger partial charge in [-0.25, -0.2) is 13.1 Å². The Balaban J connectivity index is 1.24. The van der Waals surface area contributed by atoms with Crippen LogP contribution in [0.3, 0.4) is 0 Å². The number of carbonyl (C=O) groups excluding carboxylic acids is 2. The average molecular weight is 445 g/mol. The van der Waals surface area contributed by atoms with Gasteiger partial charge < -0.3 is 9.47 Å². The van der Waals surface area contributed by atoms with Crippen molar-refractivity contribution in [2.24, 2.45) is 0 Å². The lowest BCUT2D eigenvalue weighted by Gasteiger charge is -2.18. The zero-order chi connectivity index (χ0) is 21.8. The maximum absolute atomic E-state index is 12.2. The number of hydrogen-bond donors (Lipinski definition) is 3. The summed E-state index contributed by atoms with van der Waals surface area (Å²) in [4.78, 5) is 24.5. The molecule has 10 heteroatoms. The highest BCUT2D eigenvalue weighted by molar-refractivity contribution is 7.89. The molecule has 1 heterocycles. The van der Waals surface area contributed by atoms with E-state index in [4.69, 9.17) is 9.47 Å². The van der Waals surface area contributed by atoms with Crippen molar-refractivity contribution in [3.05, 3.63) is 53.6 Å². The van der Waals surface area contributed by atoms with E-state index < -0.39 is 15.9 Å². The van der Waals surface area contributed by atoms with Gasteiger partial charge in [0.1, 0.15) is 13.2 Å². The first-order valence-electron chi connectivity index (χ1n) is 10.0. The van der Waals surface area contributed by atoms with Gasteiger partial charge >= 0.3 is 0 Å². The molecule has 3 N–H and O–H groups in total. The maximum Gasteiger partial charge on any atom is 0.269 e. The van der Waals surface area contributed by atoms with Crippen LogP contribution < -0.4 is 25.0 Å². The van der Waals surface area contributed by atoms with Crippen LogP contribution in [0, 0.1) is 0 Å². The predicted octanol–water partition coefficient (Wildman–Crippen LogP) is 1.29. The normalized spacial score (nSPS) is 15.2. The fourth-order valence-electron chi connectivity index (χ4n) is 3.03. The Hall–Kier alpha value is -3.11. The zero-order valence-electron chi connectivity index (χ0n) is 16.7. The van der Waals surface area contributed by atoms with E-state index in [0.717, 1.165) is 18.4 Å². The SMILES string of the molecule is O=C(CCc1ccc(S(=O)(=O)NC2CC2)cc1)NNC(=O)c1ccc2c(c1)OCCO2. The van der Waals surface area contributed by atoms with Gasteiger partial charge in [0.05, 0.1) is 4.90 Å². The topological polar surface area (TPSA) is 123 Å². The van der Waals surface area contributed by atoms with Crippen LogP contribution in [0.2, 0.25) is 0 Å². The molecule has 0 saturated heterocycles. The van der Waals surface area contributed by atoms with Crippen LogP contribution in [0.5, 0.6) is 11.5 Å². The van der Waals surface area contributed by atoms with Crippen molar-refractivity contribution in [3.63, 3.8) is 0 Å². The third-order valence-corrected chi connectivity index (χ3v) is 6.43. The molecule has 0 radical (unpaired) electrons. The third kappa shape index (κ3) is 5.53. The number of aryl methyl sites for hydroxylation is 1. The summed E-state index contributed by atoms with van der Waals surface area (Å²) in [6.45, 7) is 0.878. The second kappa shape index (κ2) is 8.94. The third-order valence-electron chi connectivity index (χ3n) is 4.89. The summed E-state index contributed by atoms with van der Waals surface area (Å²) >= 11 is 0. The Morgan fingerprint density at radius 1 is 0.935 bits per heavy atom. The summed E-state index contributed by atoms with van der Waals surface area (Å²) in [6.07, 6.45) is 2.28. The predicted molar refractivity (Wildman–Crippen MR) is 111 cm³/mol. The van der Waals surface area contributed by atoms with Crippen LogP contribution in [0.1, 0.15) is 35.2 Å². The first-order chi connectivity index (χ1) is 14.9. The highest BCUT2D eigenvalue weighted by atomic mass is 32.2. The molecule has 4 rings (SSSR count). The standard InChI is InChI=1S/C21H23N3O6S/c25-20(22-23-21(26)15-4-9-18-19(13-15)30-12-11-29-18)10-3-14-1-7-17(8-2-14)31(27,28)24-16-5-6-16/h1-2,4,7-9,13,16,24H,3,5-6,10-12H2,(H,22,25)(H,23,26). The fourth-order valence-corrected chi connectivity index (χ4v) is 4.33. The van der Waals surface area contributed by atoms with Crippen LogP contribution in [-0.4, -0.2) is 39.5 Å². The smallest absolute Gasteiger partial charge is 0.269 e. The first kappa shape index (κ1) is 21.1. The molecule has 0 unspecified atom stereocenters. The Kier molecular flexibility index (Phi) is 6.10. The number of amides is 2. The lowest BCUT2D eigenvalue weighted by molar-refractivity contribution is -0.121. The van der Waals surface area contributed by atoms with Crippen LogP contribution in [0.4, 0.5) is 0 Å². The molecule has 0 aromatic heterocycles. The number of hydrazine groups is 1. The van der Waals surface area contributed by atoms with Gasteiger partial charge in [-0.1, -0.05) is 12.1 Å². The number of benzene rings is 2. The van der Waals surface area contributed by atoms with Crippen molar-refractivity contribution in [1.29, 1.82) is 0 Å². The van der Waals surface area contributed by atoms with E-state index in [9.17, 15) is 18.0 Å². The van der Waals surface area contributed by atoms with E-state index in [1.54, 1.807) is 30.3 Å². The maximum atomic E-state index is 12.2. The van der Waals surface area contributed by atoms with Gasteiger partial charge in [0, 0.05) is 18.0 Å². The van der Waals surface area contributed by atoms with Crippen molar-refractivity contribution in [1.82, 2.24) is 15.6 Å². The number of carbonyl (C=O) groups is 2. The molecule has 2 aromatic rings. The molecule has 31 heavy (non-hydrogen) atoms. The van der Waals surface area contributed by atoms with Crippen molar-refractivity contribution < 1.29 is 27.5 Å². The monoisotopic (exact) mass is 445 g/mol. The minimum Gasteiger partial charge on any atom is -0.486 e. The van der Waals surface area contributed by atoms with Gasteiger partial charge in [0.25, 0.3) is 5.91 Å². The number of hydrogen-bond acceptors (Lipinski definition) is 6. The molecule has 9 nitrogen and oxygen atoms in total. The molecule has 164 valence electrons. The Morgan fingerprint density at radius 3 is 2.35 bits per heavy atom. The number of sulfonamides is 1.